The zero-order valence-electron chi connectivity index (χ0n) is 10.2. The van der Waals surface area contributed by atoms with E-state index in [-0.39, 0.29) is 5.41 Å². The van der Waals surface area contributed by atoms with E-state index in [1.54, 1.807) is 0 Å². The fourth-order valence-electron chi connectivity index (χ4n) is 2.31. The van der Waals surface area contributed by atoms with Crippen LogP contribution in [0.3, 0.4) is 0 Å². The fraction of sp³-hybridized carbons (Fsp3) is 0.571. The number of hydrogen-bond acceptors (Lipinski definition) is 2. The van der Waals surface area contributed by atoms with E-state index in [2.05, 4.69) is 38.1 Å². The molecule has 1 aliphatic rings. The lowest BCUT2D eigenvalue weighted by Crippen LogP contribution is -2.39. The van der Waals surface area contributed by atoms with Gasteiger partial charge in [0.25, 0.3) is 0 Å². The lowest BCUT2D eigenvalue weighted by atomic mass is 9.75. The van der Waals surface area contributed by atoms with Crippen LogP contribution in [-0.2, 0) is 10.2 Å². The molecule has 1 heterocycles. The minimum absolute atomic E-state index is 0.0994. The molecule has 1 saturated heterocycles. The molecule has 1 aliphatic heterocycles. The molecule has 2 nitrogen and oxygen atoms in total. The second kappa shape index (κ2) is 4.56. The van der Waals surface area contributed by atoms with Gasteiger partial charge in [0.2, 0.25) is 0 Å². The molecule has 88 valence electrons. The summed E-state index contributed by atoms with van der Waals surface area (Å²) in [5, 5.41) is 0. The number of nitrogens with two attached hydrogens (primary N) is 1. The third-order valence-electron chi connectivity index (χ3n) is 3.65. The Hall–Kier alpha value is -0.860. The maximum atomic E-state index is 5.96. The van der Waals surface area contributed by atoms with E-state index in [0.29, 0.717) is 12.5 Å². The van der Waals surface area contributed by atoms with Crippen LogP contribution in [0.4, 0.5) is 0 Å². The molecular formula is C14H21NO. The third-order valence-corrected chi connectivity index (χ3v) is 3.65. The SMILES string of the molecule is Cc1ccc(C(C)(CN)CC2COC2)cc1. The minimum atomic E-state index is 0.0994. The van der Waals surface area contributed by atoms with Crippen molar-refractivity contribution < 1.29 is 4.74 Å². The Labute approximate surface area is 97.8 Å². The predicted octanol–water partition coefficient (Wildman–Crippen LogP) is 2.25. The van der Waals surface area contributed by atoms with Crippen LogP contribution >= 0.6 is 0 Å². The molecule has 0 saturated carbocycles. The van der Waals surface area contributed by atoms with Gasteiger partial charge in [0, 0.05) is 17.9 Å². The van der Waals surface area contributed by atoms with E-state index < -0.39 is 0 Å². The van der Waals surface area contributed by atoms with Crippen LogP contribution in [0.1, 0.15) is 24.5 Å². The molecule has 2 heteroatoms. The Kier molecular flexibility index (Phi) is 3.31. The average molecular weight is 219 g/mol. The molecule has 0 radical (unpaired) electrons. The Morgan fingerprint density at radius 2 is 1.94 bits per heavy atom. The zero-order chi connectivity index (χ0) is 11.6. The zero-order valence-corrected chi connectivity index (χ0v) is 10.2. The molecule has 0 spiro atoms. The molecule has 1 atom stereocenters. The van der Waals surface area contributed by atoms with E-state index in [1.807, 2.05) is 0 Å². The fourth-order valence-corrected chi connectivity index (χ4v) is 2.31. The maximum absolute atomic E-state index is 5.96. The first-order chi connectivity index (χ1) is 7.64. The summed E-state index contributed by atoms with van der Waals surface area (Å²) in [6, 6.07) is 8.75. The highest BCUT2D eigenvalue weighted by Crippen LogP contribution is 2.32. The summed E-state index contributed by atoms with van der Waals surface area (Å²) >= 11 is 0. The first-order valence-corrected chi connectivity index (χ1v) is 5.99. The molecule has 1 aromatic carbocycles. The molecule has 2 N–H and O–H groups in total. The number of rotatable bonds is 4. The summed E-state index contributed by atoms with van der Waals surface area (Å²) in [6.45, 7) is 6.88. The molecule has 0 aromatic heterocycles. The maximum Gasteiger partial charge on any atom is 0.0516 e. The Morgan fingerprint density at radius 1 is 1.31 bits per heavy atom. The number of aryl methyl sites for hydroxylation is 1. The Balaban J connectivity index is 2.15. The van der Waals surface area contributed by atoms with E-state index in [4.69, 9.17) is 10.5 Å². The van der Waals surface area contributed by atoms with Crippen LogP contribution in [0, 0.1) is 12.8 Å². The largest absolute Gasteiger partial charge is 0.381 e. The van der Waals surface area contributed by atoms with E-state index >= 15 is 0 Å². The number of benzene rings is 1. The number of hydrogen-bond donors (Lipinski definition) is 1. The van der Waals surface area contributed by atoms with Crippen molar-refractivity contribution in [2.24, 2.45) is 11.7 Å². The average Bonchev–Trinajstić information content (AvgIpc) is 2.24. The van der Waals surface area contributed by atoms with Gasteiger partial charge in [0.1, 0.15) is 0 Å². The highest BCUT2D eigenvalue weighted by molar-refractivity contribution is 5.28. The summed E-state index contributed by atoms with van der Waals surface area (Å²) < 4.78 is 5.24. The molecule has 1 fully saturated rings. The first-order valence-electron chi connectivity index (χ1n) is 5.99. The summed E-state index contributed by atoms with van der Waals surface area (Å²) in [5.74, 6) is 0.690. The molecule has 2 rings (SSSR count). The lowest BCUT2D eigenvalue weighted by Gasteiger charge is -2.36. The molecular weight excluding hydrogens is 198 g/mol. The van der Waals surface area contributed by atoms with Crippen molar-refractivity contribution in [1.82, 2.24) is 0 Å². The van der Waals surface area contributed by atoms with Crippen LogP contribution in [0.2, 0.25) is 0 Å². The highest BCUT2D eigenvalue weighted by Gasteiger charge is 2.31. The molecule has 0 aliphatic carbocycles. The Bertz CT molecular complexity index is 342. The van der Waals surface area contributed by atoms with Crippen LogP contribution in [0.5, 0.6) is 0 Å². The lowest BCUT2D eigenvalue weighted by molar-refractivity contribution is -0.0441. The van der Waals surface area contributed by atoms with Crippen molar-refractivity contribution in [3.05, 3.63) is 35.4 Å². The highest BCUT2D eigenvalue weighted by atomic mass is 16.5. The minimum Gasteiger partial charge on any atom is -0.381 e. The van der Waals surface area contributed by atoms with Crippen molar-refractivity contribution in [1.29, 1.82) is 0 Å². The van der Waals surface area contributed by atoms with Gasteiger partial charge in [-0.2, -0.15) is 0 Å². The van der Waals surface area contributed by atoms with Crippen LogP contribution in [-0.4, -0.2) is 19.8 Å². The smallest absolute Gasteiger partial charge is 0.0516 e. The second-order valence-electron chi connectivity index (χ2n) is 5.24. The van der Waals surface area contributed by atoms with E-state index in [1.165, 1.54) is 11.1 Å². The molecule has 1 aromatic rings. The Morgan fingerprint density at radius 3 is 2.38 bits per heavy atom. The number of ether oxygens (including phenoxy) is 1. The van der Waals surface area contributed by atoms with Crippen molar-refractivity contribution in [3.8, 4) is 0 Å². The van der Waals surface area contributed by atoms with E-state index in [9.17, 15) is 0 Å². The van der Waals surface area contributed by atoms with Gasteiger partial charge in [-0.15, -0.1) is 0 Å². The van der Waals surface area contributed by atoms with Crippen LogP contribution in [0.15, 0.2) is 24.3 Å². The molecule has 0 amide bonds. The van der Waals surface area contributed by atoms with Crippen LogP contribution < -0.4 is 5.73 Å². The monoisotopic (exact) mass is 219 g/mol. The van der Waals surface area contributed by atoms with Gasteiger partial charge >= 0.3 is 0 Å². The van der Waals surface area contributed by atoms with Gasteiger partial charge in [-0.25, -0.2) is 0 Å². The van der Waals surface area contributed by atoms with Gasteiger partial charge in [-0.3, -0.25) is 0 Å². The quantitative estimate of drug-likeness (QED) is 0.843. The summed E-state index contributed by atoms with van der Waals surface area (Å²) in [5.41, 5.74) is 8.72. The molecule has 1 unspecified atom stereocenters. The van der Waals surface area contributed by atoms with Crippen molar-refractivity contribution in [3.63, 3.8) is 0 Å². The second-order valence-corrected chi connectivity index (χ2v) is 5.24. The third kappa shape index (κ3) is 2.28. The first kappa shape index (κ1) is 11.6. The van der Waals surface area contributed by atoms with Crippen LogP contribution in [0.25, 0.3) is 0 Å². The predicted molar refractivity (Wildman–Crippen MR) is 66.5 cm³/mol. The van der Waals surface area contributed by atoms with Crippen molar-refractivity contribution in [2.75, 3.05) is 19.8 Å². The van der Waals surface area contributed by atoms with Gasteiger partial charge in [0.05, 0.1) is 13.2 Å². The van der Waals surface area contributed by atoms with Gasteiger partial charge in [-0.1, -0.05) is 36.8 Å². The van der Waals surface area contributed by atoms with Crippen molar-refractivity contribution in [2.45, 2.75) is 25.7 Å². The topological polar surface area (TPSA) is 35.2 Å². The van der Waals surface area contributed by atoms with Gasteiger partial charge in [-0.05, 0) is 18.9 Å². The normalized spacial score (nSPS) is 20.2. The summed E-state index contributed by atoms with van der Waals surface area (Å²) in [7, 11) is 0. The van der Waals surface area contributed by atoms with Gasteiger partial charge in [0.15, 0.2) is 0 Å². The standard InChI is InChI=1S/C14H21NO/c1-11-3-5-13(6-4-11)14(2,10-15)7-12-8-16-9-12/h3-6,12H,7-10,15H2,1-2H3. The summed E-state index contributed by atoms with van der Waals surface area (Å²) in [4.78, 5) is 0. The molecule has 16 heavy (non-hydrogen) atoms. The molecule has 0 bridgehead atoms. The van der Waals surface area contributed by atoms with Crippen molar-refractivity contribution >= 4 is 0 Å². The summed E-state index contributed by atoms with van der Waals surface area (Å²) in [6.07, 6.45) is 1.13. The van der Waals surface area contributed by atoms with Gasteiger partial charge < -0.3 is 10.5 Å². The van der Waals surface area contributed by atoms with E-state index in [0.717, 1.165) is 19.6 Å².